The molecule has 0 bridgehead atoms. The zero-order valence-corrected chi connectivity index (χ0v) is 11.9. The van der Waals surface area contributed by atoms with E-state index in [1.165, 1.54) is 0 Å². The van der Waals surface area contributed by atoms with Crippen LogP contribution in [0.1, 0.15) is 40.0 Å². The molecule has 4 heteroatoms. The highest BCUT2D eigenvalue weighted by molar-refractivity contribution is 5.79. The van der Waals surface area contributed by atoms with Gasteiger partial charge in [0, 0.05) is 6.54 Å². The van der Waals surface area contributed by atoms with Gasteiger partial charge in [0.25, 0.3) is 0 Å². The van der Waals surface area contributed by atoms with Gasteiger partial charge in [-0.2, -0.15) is 0 Å². The van der Waals surface area contributed by atoms with Crippen molar-refractivity contribution in [3.8, 4) is 0 Å². The number of hydrogen-bond donors (Lipinski definition) is 2. The predicted molar refractivity (Wildman–Crippen MR) is 70.6 cm³/mol. The Morgan fingerprint density at radius 2 is 1.94 bits per heavy atom. The molecule has 0 rings (SSSR count). The van der Waals surface area contributed by atoms with Crippen molar-refractivity contribution in [2.75, 3.05) is 20.6 Å². The number of amides is 1. The summed E-state index contributed by atoms with van der Waals surface area (Å²) in [5.74, 6) is 0.0155. The summed E-state index contributed by atoms with van der Waals surface area (Å²) >= 11 is 0. The average molecular weight is 244 g/mol. The molecule has 0 aromatic heterocycles. The number of nitrogens with zero attached hydrogens (tertiary/aromatic N) is 1. The molecule has 0 heterocycles. The van der Waals surface area contributed by atoms with Gasteiger partial charge < -0.3 is 10.4 Å². The maximum atomic E-state index is 12.0. The number of hydrogen-bond acceptors (Lipinski definition) is 3. The molecule has 2 unspecified atom stereocenters. The summed E-state index contributed by atoms with van der Waals surface area (Å²) in [6, 6.07) is 0. The van der Waals surface area contributed by atoms with Crippen LogP contribution in [-0.4, -0.2) is 42.8 Å². The lowest BCUT2D eigenvalue weighted by molar-refractivity contribution is -0.134. The van der Waals surface area contributed by atoms with E-state index in [9.17, 15) is 9.90 Å². The highest BCUT2D eigenvalue weighted by Crippen LogP contribution is 2.17. The molecule has 0 aliphatic carbocycles. The maximum Gasteiger partial charge on any atom is 0.227 e. The van der Waals surface area contributed by atoms with Gasteiger partial charge in [-0.3, -0.25) is 9.69 Å². The molecule has 2 atom stereocenters. The third-order valence-corrected chi connectivity index (χ3v) is 2.78. The summed E-state index contributed by atoms with van der Waals surface area (Å²) < 4.78 is 0. The number of carbonyl (C=O) groups excluding carboxylic acids is 1. The molecule has 0 aromatic rings. The van der Waals surface area contributed by atoms with Crippen molar-refractivity contribution < 1.29 is 9.90 Å². The topological polar surface area (TPSA) is 52.6 Å². The average Bonchev–Trinajstić information content (AvgIpc) is 2.24. The fraction of sp³-hybridized carbons (Fsp3) is 0.923. The van der Waals surface area contributed by atoms with E-state index in [0.29, 0.717) is 18.9 Å². The number of aliphatic hydroxyl groups is 1. The lowest BCUT2D eigenvalue weighted by Crippen LogP contribution is -2.44. The molecule has 0 radical (unpaired) electrons. The fourth-order valence-corrected chi connectivity index (χ4v) is 1.75. The molecule has 17 heavy (non-hydrogen) atoms. The largest absolute Gasteiger partial charge is 0.378 e. The molecular weight excluding hydrogens is 216 g/mol. The second kappa shape index (κ2) is 8.48. The second-order valence-corrected chi connectivity index (χ2v) is 5.26. The Hall–Kier alpha value is -0.610. The van der Waals surface area contributed by atoms with Crippen LogP contribution in [0, 0.1) is 11.8 Å². The highest BCUT2D eigenvalue weighted by Gasteiger charge is 2.28. The first-order valence-corrected chi connectivity index (χ1v) is 6.52. The smallest absolute Gasteiger partial charge is 0.227 e. The Kier molecular flexibility index (Phi) is 8.17. The van der Waals surface area contributed by atoms with Crippen molar-refractivity contribution in [3.63, 3.8) is 0 Å². The standard InChI is InChI=1S/C13H28N2O2/c1-6-7-8-14-12(16)11(9-10(2)3)13(17)15(4)5/h10-11,13,17H,6-9H2,1-5H3,(H,14,16). The molecule has 0 aliphatic heterocycles. The zero-order chi connectivity index (χ0) is 13.4. The minimum Gasteiger partial charge on any atom is -0.378 e. The Morgan fingerprint density at radius 1 is 1.35 bits per heavy atom. The minimum absolute atomic E-state index is 0.0339. The van der Waals surface area contributed by atoms with Crippen LogP contribution in [0.15, 0.2) is 0 Å². The summed E-state index contributed by atoms with van der Waals surface area (Å²) in [6.07, 6.45) is 2.04. The SMILES string of the molecule is CCCCNC(=O)C(CC(C)C)C(O)N(C)C. The van der Waals surface area contributed by atoms with E-state index in [0.717, 1.165) is 12.8 Å². The molecule has 0 aliphatic rings. The van der Waals surface area contributed by atoms with E-state index in [1.807, 2.05) is 0 Å². The minimum atomic E-state index is -0.709. The second-order valence-electron chi connectivity index (χ2n) is 5.26. The Bertz CT molecular complexity index is 217. The first-order valence-electron chi connectivity index (χ1n) is 6.52. The van der Waals surface area contributed by atoms with Gasteiger partial charge in [0.1, 0.15) is 6.23 Å². The van der Waals surface area contributed by atoms with Crippen LogP contribution in [0.4, 0.5) is 0 Å². The molecule has 2 N–H and O–H groups in total. The van der Waals surface area contributed by atoms with Gasteiger partial charge in [-0.1, -0.05) is 27.2 Å². The van der Waals surface area contributed by atoms with Crippen molar-refractivity contribution in [1.82, 2.24) is 10.2 Å². The number of aliphatic hydroxyl groups excluding tert-OH is 1. The van der Waals surface area contributed by atoms with Gasteiger partial charge >= 0.3 is 0 Å². The quantitative estimate of drug-likeness (QED) is 0.502. The molecular formula is C13H28N2O2. The Morgan fingerprint density at radius 3 is 2.35 bits per heavy atom. The van der Waals surface area contributed by atoms with E-state index in [1.54, 1.807) is 19.0 Å². The van der Waals surface area contributed by atoms with E-state index < -0.39 is 6.23 Å². The van der Waals surface area contributed by atoms with Crippen LogP contribution in [0.5, 0.6) is 0 Å². The normalized spacial score (nSPS) is 15.1. The van der Waals surface area contributed by atoms with Gasteiger partial charge in [-0.15, -0.1) is 0 Å². The van der Waals surface area contributed by atoms with Crippen LogP contribution in [0.3, 0.4) is 0 Å². The van der Waals surface area contributed by atoms with Crippen LogP contribution >= 0.6 is 0 Å². The highest BCUT2D eigenvalue weighted by atomic mass is 16.3. The van der Waals surface area contributed by atoms with E-state index in [4.69, 9.17) is 0 Å². The van der Waals surface area contributed by atoms with Crippen LogP contribution in [-0.2, 0) is 4.79 Å². The van der Waals surface area contributed by atoms with Crippen molar-refractivity contribution in [2.24, 2.45) is 11.8 Å². The third kappa shape index (κ3) is 6.64. The summed E-state index contributed by atoms with van der Waals surface area (Å²) in [5.41, 5.74) is 0. The van der Waals surface area contributed by atoms with Gasteiger partial charge in [-0.05, 0) is 32.9 Å². The number of rotatable bonds is 8. The Labute approximate surface area is 105 Å². The first kappa shape index (κ1) is 16.4. The molecule has 4 nitrogen and oxygen atoms in total. The summed E-state index contributed by atoms with van der Waals surface area (Å²) in [6.45, 7) is 6.92. The maximum absolute atomic E-state index is 12.0. The van der Waals surface area contributed by atoms with Gasteiger partial charge in [0.05, 0.1) is 5.92 Å². The number of carbonyl (C=O) groups is 1. The van der Waals surface area contributed by atoms with Gasteiger partial charge in [0.2, 0.25) is 5.91 Å². The van der Waals surface area contributed by atoms with Crippen LogP contribution in [0.25, 0.3) is 0 Å². The van der Waals surface area contributed by atoms with Crippen molar-refractivity contribution in [1.29, 1.82) is 0 Å². The predicted octanol–water partition coefficient (Wildman–Crippen LogP) is 1.44. The van der Waals surface area contributed by atoms with E-state index in [-0.39, 0.29) is 11.8 Å². The lowest BCUT2D eigenvalue weighted by Gasteiger charge is -2.28. The number of unbranched alkanes of at least 4 members (excludes halogenated alkanes) is 1. The monoisotopic (exact) mass is 244 g/mol. The summed E-state index contributed by atoms with van der Waals surface area (Å²) in [4.78, 5) is 13.7. The fourth-order valence-electron chi connectivity index (χ4n) is 1.75. The first-order chi connectivity index (χ1) is 7.90. The van der Waals surface area contributed by atoms with Crippen molar-refractivity contribution >= 4 is 5.91 Å². The molecule has 0 aromatic carbocycles. The van der Waals surface area contributed by atoms with Crippen molar-refractivity contribution in [3.05, 3.63) is 0 Å². The summed E-state index contributed by atoms with van der Waals surface area (Å²) in [5, 5.41) is 12.9. The molecule has 0 saturated heterocycles. The van der Waals surface area contributed by atoms with Crippen LogP contribution < -0.4 is 5.32 Å². The van der Waals surface area contributed by atoms with Gasteiger partial charge in [0.15, 0.2) is 0 Å². The summed E-state index contributed by atoms with van der Waals surface area (Å²) in [7, 11) is 3.58. The van der Waals surface area contributed by atoms with Gasteiger partial charge in [-0.25, -0.2) is 0 Å². The zero-order valence-electron chi connectivity index (χ0n) is 11.9. The van der Waals surface area contributed by atoms with E-state index in [2.05, 4.69) is 26.1 Å². The lowest BCUT2D eigenvalue weighted by atomic mass is 9.94. The number of nitrogens with one attached hydrogen (secondary N) is 1. The molecule has 0 spiro atoms. The Balaban J connectivity index is 4.40. The molecule has 0 saturated carbocycles. The van der Waals surface area contributed by atoms with Crippen LogP contribution in [0.2, 0.25) is 0 Å². The third-order valence-electron chi connectivity index (χ3n) is 2.78. The molecule has 102 valence electrons. The van der Waals surface area contributed by atoms with Crippen molar-refractivity contribution in [2.45, 2.75) is 46.3 Å². The molecule has 1 amide bonds. The molecule has 0 fully saturated rings. The van der Waals surface area contributed by atoms with E-state index >= 15 is 0 Å².